The standard InChI is InChI=1S/C26H29FN8/c1-17-13-18(14-21-24(17)32-23-5-3-2-4-10-35(21)23)25-20(27)16-30-26(33-25)31-22-7-6-19(15-29-22)34-11-8-28-9-12-34/h6-7,13-16,28H,2-5,8-12H2,1H3,(H,29,30,31,33). The van der Waals surface area contributed by atoms with E-state index in [1.807, 2.05) is 37.4 Å². The molecule has 0 unspecified atom stereocenters. The molecule has 1 aromatic carbocycles. The average molecular weight is 473 g/mol. The van der Waals surface area contributed by atoms with Crippen molar-refractivity contribution < 1.29 is 4.39 Å². The highest BCUT2D eigenvalue weighted by molar-refractivity contribution is 5.85. The molecule has 9 heteroatoms. The van der Waals surface area contributed by atoms with Gasteiger partial charge in [0, 0.05) is 44.7 Å². The minimum Gasteiger partial charge on any atom is -0.368 e. The summed E-state index contributed by atoms with van der Waals surface area (Å²) in [5, 5.41) is 6.48. The highest BCUT2D eigenvalue weighted by Crippen LogP contribution is 2.31. The van der Waals surface area contributed by atoms with Crippen LogP contribution in [0.25, 0.3) is 22.3 Å². The van der Waals surface area contributed by atoms with Gasteiger partial charge in [-0.15, -0.1) is 0 Å². The maximum absolute atomic E-state index is 14.9. The number of aromatic nitrogens is 5. The number of anilines is 3. The Balaban J connectivity index is 1.30. The summed E-state index contributed by atoms with van der Waals surface area (Å²) < 4.78 is 17.2. The fourth-order valence-electron chi connectivity index (χ4n) is 5.06. The molecule has 180 valence electrons. The number of imidazole rings is 1. The van der Waals surface area contributed by atoms with Crippen molar-refractivity contribution in [1.29, 1.82) is 0 Å². The number of hydrogen-bond donors (Lipinski definition) is 2. The Bertz CT molecular complexity index is 1360. The minimum atomic E-state index is -0.452. The SMILES string of the molecule is Cc1cc(-c2nc(Nc3ccc(N4CCNCC4)cn3)ncc2F)cc2c1nc1n2CCCCC1. The fraction of sp³-hybridized carbons (Fsp3) is 0.385. The summed E-state index contributed by atoms with van der Waals surface area (Å²) in [5.41, 5.74) is 5.15. The van der Waals surface area contributed by atoms with Gasteiger partial charge in [0.05, 0.1) is 29.1 Å². The lowest BCUT2D eigenvalue weighted by molar-refractivity contribution is 0.589. The van der Waals surface area contributed by atoms with Crippen molar-refractivity contribution in [2.45, 2.75) is 39.2 Å². The molecule has 0 bridgehead atoms. The maximum Gasteiger partial charge on any atom is 0.229 e. The molecular formula is C26H29FN8. The molecule has 0 radical (unpaired) electrons. The van der Waals surface area contributed by atoms with Crippen LogP contribution in [-0.2, 0) is 13.0 Å². The first-order valence-corrected chi connectivity index (χ1v) is 12.4. The van der Waals surface area contributed by atoms with E-state index in [0.29, 0.717) is 11.8 Å². The number of nitrogens with zero attached hydrogens (tertiary/aromatic N) is 6. The van der Waals surface area contributed by atoms with Gasteiger partial charge in [0.25, 0.3) is 0 Å². The Hall–Kier alpha value is -3.59. The molecule has 1 saturated heterocycles. The van der Waals surface area contributed by atoms with E-state index in [9.17, 15) is 4.39 Å². The monoisotopic (exact) mass is 472 g/mol. The second kappa shape index (κ2) is 9.22. The Morgan fingerprint density at radius 2 is 1.86 bits per heavy atom. The van der Waals surface area contributed by atoms with E-state index in [1.54, 1.807) is 0 Å². The minimum absolute atomic E-state index is 0.272. The Kier molecular flexibility index (Phi) is 5.77. The molecule has 1 fully saturated rings. The number of fused-ring (bicyclic) bond motifs is 3. The molecule has 0 spiro atoms. The van der Waals surface area contributed by atoms with Crippen molar-refractivity contribution in [3.05, 3.63) is 53.9 Å². The van der Waals surface area contributed by atoms with Gasteiger partial charge in [-0.2, -0.15) is 0 Å². The van der Waals surface area contributed by atoms with Crippen LogP contribution in [-0.4, -0.2) is 50.7 Å². The van der Waals surface area contributed by atoms with E-state index in [-0.39, 0.29) is 5.69 Å². The van der Waals surface area contributed by atoms with Gasteiger partial charge in [-0.05, 0) is 49.6 Å². The first kappa shape index (κ1) is 21.9. The number of halogens is 1. The van der Waals surface area contributed by atoms with Crippen molar-refractivity contribution in [2.75, 3.05) is 36.4 Å². The van der Waals surface area contributed by atoms with Gasteiger partial charge in [-0.25, -0.2) is 24.3 Å². The molecule has 0 amide bonds. The first-order chi connectivity index (χ1) is 17.2. The molecule has 5 heterocycles. The summed E-state index contributed by atoms with van der Waals surface area (Å²) in [6.07, 6.45) is 7.56. The third-order valence-electron chi connectivity index (χ3n) is 6.89. The van der Waals surface area contributed by atoms with Gasteiger partial charge in [-0.3, -0.25) is 0 Å². The molecule has 3 aromatic heterocycles. The molecule has 2 aliphatic heterocycles. The van der Waals surface area contributed by atoms with Crippen LogP contribution >= 0.6 is 0 Å². The van der Waals surface area contributed by atoms with Gasteiger partial charge >= 0.3 is 0 Å². The highest BCUT2D eigenvalue weighted by Gasteiger charge is 2.18. The molecule has 2 N–H and O–H groups in total. The smallest absolute Gasteiger partial charge is 0.229 e. The van der Waals surface area contributed by atoms with Crippen LogP contribution in [0.15, 0.2) is 36.7 Å². The molecule has 8 nitrogen and oxygen atoms in total. The summed E-state index contributed by atoms with van der Waals surface area (Å²) in [6, 6.07) is 7.92. The molecule has 0 aliphatic carbocycles. The Morgan fingerprint density at radius 1 is 0.971 bits per heavy atom. The van der Waals surface area contributed by atoms with Gasteiger partial charge in [0.1, 0.15) is 17.3 Å². The van der Waals surface area contributed by atoms with Crippen LogP contribution in [0.5, 0.6) is 0 Å². The van der Waals surface area contributed by atoms with Crippen LogP contribution in [0, 0.1) is 12.7 Å². The number of pyridine rings is 1. The Labute approximate surface area is 203 Å². The number of hydrogen-bond acceptors (Lipinski definition) is 7. The van der Waals surface area contributed by atoms with E-state index < -0.39 is 5.82 Å². The zero-order valence-corrected chi connectivity index (χ0v) is 19.9. The lowest BCUT2D eigenvalue weighted by atomic mass is 10.1. The van der Waals surface area contributed by atoms with E-state index in [2.05, 4.69) is 35.1 Å². The quantitative estimate of drug-likeness (QED) is 0.460. The fourth-order valence-corrected chi connectivity index (χ4v) is 5.06. The summed E-state index contributed by atoms with van der Waals surface area (Å²) in [5.74, 6) is 1.60. The molecule has 35 heavy (non-hydrogen) atoms. The van der Waals surface area contributed by atoms with Gasteiger partial charge in [0.2, 0.25) is 5.95 Å². The average Bonchev–Trinajstić information content (AvgIpc) is 3.07. The lowest BCUT2D eigenvalue weighted by Crippen LogP contribution is -2.43. The normalized spacial score (nSPS) is 16.2. The van der Waals surface area contributed by atoms with Crippen LogP contribution in [0.2, 0.25) is 0 Å². The number of benzene rings is 1. The molecule has 2 aliphatic rings. The van der Waals surface area contributed by atoms with Crippen molar-refractivity contribution >= 4 is 28.5 Å². The zero-order valence-electron chi connectivity index (χ0n) is 19.9. The predicted molar refractivity (Wildman–Crippen MR) is 136 cm³/mol. The van der Waals surface area contributed by atoms with Gasteiger partial charge in [-0.1, -0.05) is 6.42 Å². The highest BCUT2D eigenvalue weighted by atomic mass is 19.1. The maximum atomic E-state index is 14.9. The summed E-state index contributed by atoms with van der Waals surface area (Å²) in [6.45, 7) is 6.84. The molecular weight excluding hydrogens is 443 g/mol. The molecule has 0 atom stereocenters. The van der Waals surface area contributed by atoms with E-state index >= 15 is 0 Å². The number of piperazine rings is 1. The van der Waals surface area contributed by atoms with E-state index in [4.69, 9.17) is 4.98 Å². The van der Waals surface area contributed by atoms with E-state index in [0.717, 1.165) is 85.7 Å². The number of aryl methyl sites for hydroxylation is 3. The number of nitrogens with one attached hydrogen (secondary N) is 2. The number of rotatable bonds is 4. The largest absolute Gasteiger partial charge is 0.368 e. The van der Waals surface area contributed by atoms with Crippen LogP contribution in [0.1, 0.15) is 30.7 Å². The molecule has 4 aromatic rings. The zero-order chi connectivity index (χ0) is 23.8. The lowest BCUT2D eigenvalue weighted by Gasteiger charge is -2.29. The van der Waals surface area contributed by atoms with Crippen molar-refractivity contribution in [3.63, 3.8) is 0 Å². The van der Waals surface area contributed by atoms with Crippen LogP contribution in [0.4, 0.5) is 21.8 Å². The summed E-state index contributed by atoms with van der Waals surface area (Å²) in [4.78, 5) is 20.4. The van der Waals surface area contributed by atoms with Crippen molar-refractivity contribution in [2.24, 2.45) is 0 Å². The van der Waals surface area contributed by atoms with Crippen molar-refractivity contribution in [1.82, 2.24) is 29.8 Å². The first-order valence-electron chi connectivity index (χ1n) is 12.4. The van der Waals surface area contributed by atoms with E-state index in [1.165, 1.54) is 12.6 Å². The van der Waals surface area contributed by atoms with Crippen molar-refractivity contribution in [3.8, 4) is 11.3 Å². The summed E-state index contributed by atoms with van der Waals surface area (Å²) in [7, 11) is 0. The van der Waals surface area contributed by atoms with Crippen LogP contribution in [0.3, 0.4) is 0 Å². The van der Waals surface area contributed by atoms with Gasteiger partial charge in [0.15, 0.2) is 5.82 Å². The second-order valence-electron chi connectivity index (χ2n) is 9.31. The molecule has 6 rings (SSSR count). The summed E-state index contributed by atoms with van der Waals surface area (Å²) >= 11 is 0. The topological polar surface area (TPSA) is 83.8 Å². The third-order valence-corrected chi connectivity index (χ3v) is 6.89. The van der Waals surface area contributed by atoms with Crippen LogP contribution < -0.4 is 15.5 Å². The second-order valence-corrected chi connectivity index (χ2v) is 9.31. The van der Waals surface area contributed by atoms with Gasteiger partial charge < -0.3 is 20.1 Å². The Morgan fingerprint density at radius 3 is 2.69 bits per heavy atom. The third kappa shape index (κ3) is 4.32. The molecule has 0 saturated carbocycles. The predicted octanol–water partition coefficient (Wildman–Crippen LogP) is 4.22.